The summed E-state index contributed by atoms with van der Waals surface area (Å²) in [5, 5.41) is 12.5. The first-order chi connectivity index (χ1) is 13.3. The van der Waals surface area contributed by atoms with Gasteiger partial charge in [0.2, 0.25) is 0 Å². The van der Waals surface area contributed by atoms with Crippen LogP contribution in [0.4, 0.5) is 11.4 Å². The third-order valence-corrected chi connectivity index (χ3v) is 4.55. The number of rotatable bonds is 4. The quantitative estimate of drug-likeness (QED) is 0.313. The highest BCUT2D eigenvalue weighted by Crippen LogP contribution is 2.28. The van der Waals surface area contributed by atoms with E-state index >= 15 is 0 Å². The number of hydrogen-bond acceptors (Lipinski definition) is 7. The third-order valence-electron chi connectivity index (χ3n) is 4.55. The summed E-state index contributed by atoms with van der Waals surface area (Å²) in [5.74, 6) is 5.69. The summed E-state index contributed by atoms with van der Waals surface area (Å²) >= 11 is 0. The van der Waals surface area contributed by atoms with E-state index in [1.165, 1.54) is 23.7 Å². The molecular formula is C20H22N6O2. The summed E-state index contributed by atoms with van der Waals surface area (Å²) in [6.45, 7) is 3.57. The summed E-state index contributed by atoms with van der Waals surface area (Å²) in [6.07, 6.45) is 6.08. The lowest BCUT2D eigenvalue weighted by Crippen LogP contribution is -2.34. The lowest BCUT2D eigenvalue weighted by atomic mass is 9.99. The van der Waals surface area contributed by atoms with Crippen LogP contribution in [0.2, 0.25) is 0 Å². The van der Waals surface area contributed by atoms with Crippen LogP contribution in [0.1, 0.15) is 25.0 Å². The molecule has 0 aliphatic carbocycles. The maximum Gasteiger partial charge on any atom is 0.257 e. The van der Waals surface area contributed by atoms with Gasteiger partial charge in [0, 0.05) is 34.4 Å². The van der Waals surface area contributed by atoms with Crippen molar-refractivity contribution in [1.29, 1.82) is 5.41 Å². The zero-order valence-corrected chi connectivity index (χ0v) is 15.6. The number of anilines is 2. The topological polar surface area (TPSA) is 147 Å². The van der Waals surface area contributed by atoms with E-state index in [-0.39, 0.29) is 11.6 Å². The van der Waals surface area contributed by atoms with Gasteiger partial charge in [-0.1, -0.05) is 0 Å². The fraction of sp³-hybridized carbons (Fsp3) is 0.100. The van der Waals surface area contributed by atoms with E-state index in [1.807, 2.05) is 6.92 Å². The fourth-order valence-corrected chi connectivity index (χ4v) is 3.04. The molecule has 1 aliphatic heterocycles. The molecule has 144 valence electrons. The number of nitrogen functional groups attached to an aromatic ring is 1. The molecule has 1 aliphatic rings. The van der Waals surface area contributed by atoms with Crippen LogP contribution >= 0.6 is 0 Å². The highest BCUT2D eigenvalue weighted by Gasteiger charge is 2.24. The third kappa shape index (κ3) is 3.40. The van der Waals surface area contributed by atoms with E-state index in [1.54, 1.807) is 37.3 Å². The molecular weight excluding hydrogens is 356 g/mol. The van der Waals surface area contributed by atoms with Crippen molar-refractivity contribution < 1.29 is 9.21 Å². The lowest BCUT2D eigenvalue weighted by molar-refractivity contribution is -0.112. The van der Waals surface area contributed by atoms with Gasteiger partial charge >= 0.3 is 0 Å². The number of hydrazine groups is 1. The Hall–Kier alpha value is -3.78. The monoisotopic (exact) mass is 378 g/mol. The Balaban J connectivity index is 1.89. The highest BCUT2D eigenvalue weighted by molar-refractivity contribution is 6.15. The van der Waals surface area contributed by atoms with Gasteiger partial charge in [0.25, 0.3) is 5.91 Å². The maximum atomic E-state index is 12.9. The van der Waals surface area contributed by atoms with E-state index in [2.05, 4.69) is 5.32 Å². The molecule has 28 heavy (non-hydrogen) atoms. The molecule has 0 saturated heterocycles. The summed E-state index contributed by atoms with van der Waals surface area (Å²) < 4.78 is 5.03. The molecule has 1 amide bonds. The summed E-state index contributed by atoms with van der Waals surface area (Å²) in [7, 11) is 0. The van der Waals surface area contributed by atoms with Crippen LogP contribution in [-0.2, 0) is 4.79 Å². The SMILES string of the molecule is CC1=C/C(=C/N)N(N)C(C)=C1C(=O)Nc1ccc(N)c(C(=N)c2ccoc2)c1. The van der Waals surface area contributed by atoms with Crippen molar-refractivity contribution in [2.75, 3.05) is 11.1 Å². The standard InChI is InChI=1S/C20H22N6O2/c1-11-7-15(9-21)26(24)12(2)18(11)20(27)25-14-3-4-17(22)16(8-14)19(23)13-5-6-28-10-13/h3-10,23H,21-22,24H2,1-2H3,(H,25,27)/b15-9-,23-19?. The highest BCUT2D eigenvalue weighted by atomic mass is 16.3. The van der Waals surface area contributed by atoms with Crippen molar-refractivity contribution in [3.05, 3.63) is 82.7 Å². The van der Waals surface area contributed by atoms with Crippen LogP contribution in [0, 0.1) is 5.41 Å². The van der Waals surface area contributed by atoms with Gasteiger partial charge in [0.15, 0.2) is 0 Å². The minimum absolute atomic E-state index is 0.206. The number of nitrogens with one attached hydrogen (secondary N) is 2. The van der Waals surface area contributed by atoms with Gasteiger partial charge < -0.3 is 21.2 Å². The second-order valence-electron chi connectivity index (χ2n) is 6.39. The van der Waals surface area contributed by atoms with Gasteiger partial charge in [0.05, 0.1) is 29.5 Å². The van der Waals surface area contributed by atoms with Gasteiger partial charge in [-0.2, -0.15) is 0 Å². The molecule has 0 saturated carbocycles. The van der Waals surface area contributed by atoms with Crippen LogP contribution in [-0.4, -0.2) is 16.6 Å². The van der Waals surface area contributed by atoms with Gasteiger partial charge in [-0.3, -0.25) is 15.2 Å². The Morgan fingerprint density at radius 1 is 1.29 bits per heavy atom. The Bertz CT molecular complexity index is 1030. The largest absolute Gasteiger partial charge is 0.472 e. The Labute approximate surface area is 162 Å². The van der Waals surface area contributed by atoms with Crippen LogP contribution in [0.5, 0.6) is 0 Å². The number of allylic oxidation sites excluding steroid dienone is 2. The van der Waals surface area contributed by atoms with E-state index < -0.39 is 0 Å². The van der Waals surface area contributed by atoms with Crippen LogP contribution in [0.3, 0.4) is 0 Å². The number of furan rings is 1. The number of amides is 1. The molecule has 1 aromatic carbocycles. The van der Waals surface area contributed by atoms with E-state index in [4.69, 9.17) is 27.1 Å². The predicted octanol–water partition coefficient (Wildman–Crippen LogP) is 2.43. The van der Waals surface area contributed by atoms with E-state index in [0.717, 1.165) is 5.57 Å². The minimum atomic E-state index is -0.316. The first-order valence-corrected chi connectivity index (χ1v) is 8.52. The van der Waals surface area contributed by atoms with E-state index in [9.17, 15) is 4.79 Å². The number of hydrogen-bond donors (Lipinski definition) is 5. The summed E-state index contributed by atoms with van der Waals surface area (Å²) in [4.78, 5) is 12.9. The molecule has 8 N–H and O–H groups in total. The fourth-order valence-electron chi connectivity index (χ4n) is 3.04. The lowest BCUT2D eigenvalue weighted by Gasteiger charge is -2.28. The van der Waals surface area contributed by atoms with Crippen LogP contribution in [0.25, 0.3) is 0 Å². The van der Waals surface area contributed by atoms with Crippen molar-refractivity contribution in [2.24, 2.45) is 11.6 Å². The Kier molecular flexibility index (Phi) is 5.06. The molecule has 0 atom stereocenters. The van der Waals surface area contributed by atoms with E-state index in [0.29, 0.717) is 39.5 Å². The molecule has 8 heteroatoms. The number of nitrogens with zero attached hydrogens (tertiary/aromatic N) is 1. The van der Waals surface area contributed by atoms with Gasteiger partial charge in [-0.15, -0.1) is 0 Å². The van der Waals surface area contributed by atoms with Gasteiger partial charge in [-0.05, 0) is 49.8 Å². The maximum absolute atomic E-state index is 12.9. The second-order valence-corrected chi connectivity index (χ2v) is 6.39. The Morgan fingerprint density at radius 2 is 2.04 bits per heavy atom. The summed E-state index contributed by atoms with van der Waals surface area (Å²) in [5.41, 5.74) is 16.2. The Morgan fingerprint density at radius 3 is 2.68 bits per heavy atom. The van der Waals surface area contributed by atoms with Crippen molar-refractivity contribution in [1.82, 2.24) is 5.01 Å². The van der Waals surface area contributed by atoms with Crippen molar-refractivity contribution >= 4 is 23.0 Å². The summed E-state index contributed by atoms with van der Waals surface area (Å²) in [6, 6.07) is 6.67. The number of benzene rings is 1. The molecule has 1 aromatic heterocycles. The molecule has 0 bridgehead atoms. The number of nitrogens with two attached hydrogens (primary N) is 3. The van der Waals surface area contributed by atoms with Crippen molar-refractivity contribution in [2.45, 2.75) is 13.8 Å². The van der Waals surface area contributed by atoms with Crippen LogP contribution in [0.15, 0.2) is 76.0 Å². The molecule has 2 heterocycles. The van der Waals surface area contributed by atoms with Gasteiger partial charge in [0.1, 0.15) is 0 Å². The molecule has 3 rings (SSSR count). The molecule has 0 fully saturated rings. The number of carbonyl (C=O) groups excluding carboxylic acids is 1. The normalized spacial score (nSPS) is 15.6. The first-order valence-electron chi connectivity index (χ1n) is 8.52. The molecule has 0 unspecified atom stereocenters. The smallest absolute Gasteiger partial charge is 0.257 e. The zero-order valence-electron chi connectivity index (χ0n) is 15.6. The first kappa shape index (κ1) is 19.0. The molecule has 0 spiro atoms. The average molecular weight is 378 g/mol. The predicted molar refractivity (Wildman–Crippen MR) is 109 cm³/mol. The molecule has 0 radical (unpaired) electrons. The minimum Gasteiger partial charge on any atom is -0.472 e. The average Bonchev–Trinajstić information content (AvgIpc) is 3.20. The number of carbonyl (C=O) groups is 1. The van der Waals surface area contributed by atoms with Crippen LogP contribution < -0.4 is 22.6 Å². The molecule has 8 nitrogen and oxygen atoms in total. The van der Waals surface area contributed by atoms with Gasteiger partial charge in [-0.25, -0.2) is 5.84 Å². The van der Waals surface area contributed by atoms with Crippen molar-refractivity contribution in [3.63, 3.8) is 0 Å². The van der Waals surface area contributed by atoms with Crippen molar-refractivity contribution in [3.8, 4) is 0 Å². The molecule has 2 aromatic rings. The zero-order chi connectivity index (χ0) is 20.4. The second kappa shape index (κ2) is 7.45.